The molecule has 0 spiro atoms. The largest absolute Gasteiger partial charge is 0.460 e. The van der Waals surface area contributed by atoms with Gasteiger partial charge in [-0.05, 0) is 93.8 Å². The molecule has 318 valence electrons. The van der Waals surface area contributed by atoms with Crippen molar-refractivity contribution in [3.63, 3.8) is 0 Å². The lowest BCUT2D eigenvalue weighted by molar-refractivity contribution is -0.171. The fraction of sp³-hybridized carbons (Fsp3) is 0.358. The summed E-state index contributed by atoms with van der Waals surface area (Å²) in [7, 11) is 0. The van der Waals surface area contributed by atoms with E-state index in [4.69, 9.17) is 14.2 Å². The Balaban J connectivity index is 1.28. The Bertz CT molecular complexity index is 2130. The number of esters is 1. The van der Waals surface area contributed by atoms with Gasteiger partial charge in [0.25, 0.3) is 0 Å². The lowest BCUT2D eigenvalue weighted by atomic mass is 9.66. The Morgan fingerprint density at radius 3 is 1.54 bits per heavy atom. The molecular formula is C53H59NO7. The Hall–Kier alpha value is -5.86. The third-order valence-electron chi connectivity index (χ3n) is 11.2. The molecule has 0 radical (unpaired) electrons. The van der Waals surface area contributed by atoms with Gasteiger partial charge in [-0.25, -0.2) is 4.79 Å². The number of amides is 1. The predicted molar refractivity (Wildman–Crippen MR) is 239 cm³/mol. The van der Waals surface area contributed by atoms with Crippen LogP contribution in [0.25, 0.3) is 11.1 Å². The maximum absolute atomic E-state index is 14.5. The predicted octanol–water partition coefficient (Wildman–Crippen LogP) is 10.8. The van der Waals surface area contributed by atoms with E-state index in [1.165, 1.54) is 0 Å². The van der Waals surface area contributed by atoms with Gasteiger partial charge in [-0.15, -0.1) is 0 Å². The van der Waals surface area contributed by atoms with Gasteiger partial charge in [0.05, 0.1) is 29.1 Å². The molecule has 0 heterocycles. The standard InChI is InChI=1S/C53H59NO7/c1-36(60-51(2,3)4)45(49(57)61-52(5,6)7)33-48(56)47(54-50(58)59-35-46-43-29-19-17-27-41(43)42-28-18-20-30-44(42)46)32-31-40(55)34-53(37-21-11-8-12-22-37,38-23-13-9-14-24-38)39-25-15-10-16-26-39/h8-30,36,45-47H,31-35H2,1-7H3,(H,54,58)/t36?,45-,47-/m0/s1. The highest BCUT2D eigenvalue weighted by molar-refractivity contribution is 5.92. The molecule has 0 saturated heterocycles. The van der Waals surface area contributed by atoms with Crippen molar-refractivity contribution in [3.05, 3.63) is 167 Å². The molecule has 8 nitrogen and oxygen atoms in total. The van der Waals surface area contributed by atoms with E-state index in [9.17, 15) is 19.2 Å². The van der Waals surface area contributed by atoms with Gasteiger partial charge in [0.15, 0.2) is 5.78 Å². The molecular weight excluding hydrogens is 763 g/mol. The molecule has 1 aliphatic rings. The van der Waals surface area contributed by atoms with E-state index in [1.807, 2.05) is 148 Å². The van der Waals surface area contributed by atoms with E-state index < -0.39 is 52.5 Å². The van der Waals surface area contributed by atoms with E-state index >= 15 is 0 Å². The zero-order chi connectivity index (χ0) is 43.8. The Morgan fingerprint density at radius 1 is 0.623 bits per heavy atom. The summed E-state index contributed by atoms with van der Waals surface area (Å²) >= 11 is 0. The molecule has 0 bridgehead atoms. The first-order valence-corrected chi connectivity index (χ1v) is 21.3. The van der Waals surface area contributed by atoms with E-state index in [2.05, 4.69) is 17.4 Å². The summed E-state index contributed by atoms with van der Waals surface area (Å²) in [5.41, 5.74) is 4.91. The third kappa shape index (κ3) is 11.1. The number of hydrogen-bond donors (Lipinski definition) is 1. The van der Waals surface area contributed by atoms with Crippen LogP contribution in [0.5, 0.6) is 0 Å². The van der Waals surface area contributed by atoms with Gasteiger partial charge in [-0.3, -0.25) is 14.4 Å². The SMILES string of the molecule is CC(OC(C)(C)C)[C@H](CC(=O)[C@H](CCC(=O)CC(c1ccccc1)(c1ccccc1)c1ccccc1)NC(=O)OCC1c2ccccc2-c2ccccc21)C(=O)OC(C)(C)C. The fourth-order valence-electron chi connectivity index (χ4n) is 8.58. The Labute approximate surface area is 361 Å². The summed E-state index contributed by atoms with van der Waals surface area (Å²) in [6.07, 6.45) is -1.69. The van der Waals surface area contributed by atoms with Crippen LogP contribution in [0.4, 0.5) is 4.79 Å². The summed E-state index contributed by atoms with van der Waals surface area (Å²) in [5, 5.41) is 2.83. The first-order valence-electron chi connectivity index (χ1n) is 21.3. The smallest absolute Gasteiger partial charge is 0.407 e. The first kappa shape index (κ1) is 44.7. The topological polar surface area (TPSA) is 108 Å². The minimum atomic E-state index is -1.15. The maximum Gasteiger partial charge on any atom is 0.407 e. The van der Waals surface area contributed by atoms with Crippen LogP contribution in [0, 0.1) is 5.92 Å². The number of nitrogens with one attached hydrogen (secondary N) is 1. The number of benzene rings is 5. The summed E-state index contributed by atoms with van der Waals surface area (Å²) in [4.78, 5) is 56.6. The molecule has 0 saturated carbocycles. The van der Waals surface area contributed by atoms with Crippen LogP contribution in [0.15, 0.2) is 140 Å². The number of hydrogen-bond acceptors (Lipinski definition) is 7. The first-order chi connectivity index (χ1) is 29.1. The highest BCUT2D eigenvalue weighted by atomic mass is 16.6. The minimum absolute atomic E-state index is 0.00808. The summed E-state index contributed by atoms with van der Waals surface area (Å²) in [5.74, 6) is -2.27. The van der Waals surface area contributed by atoms with Crippen molar-refractivity contribution < 1.29 is 33.4 Å². The van der Waals surface area contributed by atoms with Gasteiger partial charge in [0.1, 0.15) is 18.0 Å². The van der Waals surface area contributed by atoms with Crippen LogP contribution in [0.1, 0.15) is 108 Å². The number of Topliss-reactive ketones (excluding diaryl/α,β-unsaturated/α-hetero) is 2. The average molecular weight is 822 g/mol. The number of carbonyl (C=O) groups excluding carboxylic acids is 4. The maximum atomic E-state index is 14.5. The van der Waals surface area contributed by atoms with E-state index in [-0.39, 0.29) is 44.0 Å². The molecule has 1 amide bonds. The molecule has 0 aromatic heterocycles. The van der Waals surface area contributed by atoms with E-state index in [0.717, 1.165) is 38.9 Å². The number of ether oxygens (including phenoxy) is 3. The number of alkyl carbamates (subject to hydrolysis) is 1. The van der Waals surface area contributed by atoms with Crippen molar-refractivity contribution in [2.24, 2.45) is 5.92 Å². The van der Waals surface area contributed by atoms with Crippen LogP contribution >= 0.6 is 0 Å². The van der Waals surface area contributed by atoms with Crippen molar-refractivity contribution in [2.75, 3.05) is 6.61 Å². The normalized spacial score (nSPS) is 14.2. The molecule has 1 N–H and O–H groups in total. The van der Waals surface area contributed by atoms with Crippen molar-refractivity contribution in [1.82, 2.24) is 5.32 Å². The number of fused-ring (bicyclic) bond motifs is 3. The second kappa shape index (κ2) is 19.2. The number of ketones is 2. The molecule has 1 unspecified atom stereocenters. The van der Waals surface area contributed by atoms with Crippen molar-refractivity contribution in [3.8, 4) is 11.1 Å². The zero-order valence-electron chi connectivity index (χ0n) is 36.5. The quantitative estimate of drug-likeness (QED) is 0.0735. The van der Waals surface area contributed by atoms with Gasteiger partial charge in [-0.2, -0.15) is 0 Å². The van der Waals surface area contributed by atoms with E-state index in [0.29, 0.717) is 0 Å². The van der Waals surface area contributed by atoms with Gasteiger partial charge >= 0.3 is 12.1 Å². The number of carbonyl (C=O) groups is 4. The molecule has 8 heteroatoms. The van der Waals surface area contributed by atoms with Gasteiger partial charge < -0.3 is 19.5 Å². The zero-order valence-corrected chi connectivity index (χ0v) is 36.5. The van der Waals surface area contributed by atoms with Crippen LogP contribution in [-0.4, -0.2) is 53.6 Å². The molecule has 3 atom stereocenters. The monoisotopic (exact) mass is 821 g/mol. The number of rotatable bonds is 17. The highest BCUT2D eigenvalue weighted by Crippen LogP contribution is 2.45. The molecule has 5 aromatic carbocycles. The second-order valence-corrected chi connectivity index (χ2v) is 18.0. The minimum Gasteiger partial charge on any atom is -0.460 e. The van der Waals surface area contributed by atoms with Crippen LogP contribution in [0.2, 0.25) is 0 Å². The summed E-state index contributed by atoms with van der Waals surface area (Å²) in [6.45, 7) is 12.7. The summed E-state index contributed by atoms with van der Waals surface area (Å²) < 4.78 is 17.9. The lowest BCUT2D eigenvalue weighted by Gasteiger charge is -2.36. The molecule has 61 heavy (non-hydrogen) atoms. The van der Waals surface area contributed by atoms with Crippen LogP contribution in [-0.2, 0) is 34.0 Å². The molecule has 0 fully saturated rings. The van der Waals surface area contributed by atoms with Crippen molar-refractivity contribution >= 4 is 23.6 Å². The van der Waals surface area contributed by atoms with Gasteiger partial charge in [0.2, 0.25) is 0 Å². The average Bonchev–Trinajstić information content (AvgIpc) is 3.55. The highest BCUT2D eigenvalue weighted by Gasteiger charge is 2.40. The van der Waals surface area contributed by atoms with Gasteiger partial charge in [-0.1, -0.05) is 140 Å². The van der Waals surface area contributed by atoms with Crippen LogP contribution in [0.3, 0.4) is 0 Å². The second-order valence-electron chi connectivity index (χ2n) is 18.0. The van der Waals surface area contributed by atoms with Crippen molar-refractivity contribution in [2.45, 2.75) is 109 Å². The van der Waals surface area contributed by atoms with Gasteiger partial charge in [0, 0.05) is 25.2 Å². The Morgan fingerprint density at radius 2 is 1.08 bits per heavy atom. The molecule has 0 aliphatic heterocycles. The Kier molecular flexibility index (Phi) is 14.1. The third-order valence-corrected chi connectivity index (χ3v) is 11.2. The van der Waals surface area contributed by atoms with Crippen molar-refractivity contribution in [1.29, 1.82) is 0 Å². The molecule has 1 aliphatic carbocycles. The summed E-state index contributed by atoms with van der Waals surface area (Å²) in [6, 6.07) is 44.9. The van der Waals surface area contributed by atoms with E-state index in [1.54, 1.807) is 27.7 Å². The fourth-order valence-corrected chi connectivity index (χ4v) is 8.58. The molecule has 5 aromatic rings. The molecule has 6 rings (SSSR count). The lowest BCUT2D eigenvalue weighted by Crippen LogP contribution is -2.45. The van der Waals surface area contributed by atoms with Crippen LogP contribution < -0.4 is 5.32 Å².